The number of nitrogens with one attached hydrogen (secondary N) is 2. The first-order valence-electron chi connectivity index (χ1n) is 6.80. The molecule has 2 aromatic rings. The Bertz CT molecular complexity index is 678. The van der Waals surface area contributed by atoms with Gasteiger partial charge in [0.05, 0.1) is 12.0 Å². The molecule has 3 amide bonds. The first-order valence-corrected chi connectivity index (χ1v) is 7.78. The van der Waals surface area contributed by atoms with E-state index in [9.17, 15) is 9.59 Å². The van der Waals surface area contributed by atoms with Crippen LogP contribution in [-0.2, 0) is 11.8 Å². The van der Waals surface area contributed by atoms with Crippen LogP contribution >= 0.6 is 11.8 Å². The van der Waals surface area contributed by atoms with E-state index in [2.05, 4.69) is 20.8 Å². The van der Waals surface area contributed by atoms with Crippen LogP contribution in [0.2, 0.25) is 0 Å². The number of carbonyl (C=O) groups is 2. The molecule has 1 fully saturated rings. The lowest BCUT2D eigenvalue weighted by Gasteiger charge is -2.05. The number of amides is 3. The van der Waals surface area contributed by atoms with Gasteiger partial charge in [-0.1, -0.05) is 11.8 Å². The minimum absolute atomic E-state index is 0.0855. The molecule has 2 N–H and O–H groups in total. The molecule has 9 heteroatoms. The smallest absolute Gasteiger partial charge is 0.321 e. The van der Waals surface area contributed by atoms with Crippen LogP contribution in [0.4, 0.5) is 4.79 Å². The summed E-state index contributed by atoms with van der Waals surface area (Å²) in [6.45, 7) is 0. The van der Waals surface area contributed by atoms with Gasteiger partial charge in [-0.05, 0) is 25.0 Å². The van der Waals surface area contributed by atoms with Crippen molar-refractivity contribution < 1.29 is 14.0 Å². The number of nitrogens with zero attached hydrogens (tertiary/aromatic N) is 3. The van der Waals surface area contributed by atoms with Gasteiger partial charge >= 0.3 is 6.03 Å². The van der Waals surface area contributed by atoms with Gasteiger partial charge in [-0.3, -0.25) is 10.1 Å². The Labute approximate surface area is 130 Å². The predicted molar refractivity (Wildman–Crippen MR) is 79.1 cm³/mol. The molecule has 1 aliphatic carbocycles. The Morgan fingerprint density at radius 3 is 2.95 bits per heavy atom. The SMILES string of the molecule is Cn1c(SCC(=O)NC(=O)NC2CC2)nnc1-c1ccco1. The third kappa shape index (κ3) is 3.48. The number of thioether (sulfide) groups is 1. The van der Waals surface area contributed by atoms with Gasteiger partial charge in [0.15, 0.2) is 16.7 Å². The molecule has 1 saturated carbocycles. The normalized spacial score (nSPS) is 13.9. The highest BCUT2D eigenvalue weighted by atomic mass is 32.2. The maximum absolute atomic E-state index is 11.7. The molecule has 22 heavy (non-hydrogen) atoms. The van der Waals surface area contributed by atoms with Crippen LogP contribution < -0.4 is 10.6 Å². The molecule has 2 heterocycles. The van der Waals surface area contributed by atoms with Gasteiger partial charge in [-0.25, -0.2) is 4.79 Å². The molecular weight excluding hydrogens is 306 g/mol. The van der Waals surface area contributed by atoms with E-state index in [0.717, 1.165) is 12.8 Å². The number of hydrogen-bond donors (Lipinski definition) is 2. The Balaban J connectivity index is 1.53. The predicted octanol–water partition coefficient (Wildman–Crippen LogP) is 1.16. The third-order valence-corrected chi connectivity index (χ3v) is 4.09. The fourth-order valence-electron chi connectivity index (χ4n) is 1.80. The summed E-state index contributed by atoms with van der Waals surface area (Å²) in [5.74, 6) is 0.905. The molecule has 116 valence electrons. The number of aromatic nitrogens is 3. The van der Waals surface area contributed by atoms with Gasteiger partial charge in [-0.2, -0.15) is 0 Å². The number of urea groups is 1. The molecule has 8 nitrogen and oxygen atoms in total. The van der Waals surface area contributed by atoms with Gasteiger partial charge in [0.1, 0.15) is 0 Å². The lowest BCUT2D eigenvalue weighted by molar-refractivity contribution is -0.117. The van der Waals surface area contributed by atoms with Crippen LogP contribution in [0.1, 0.15) is 12.8 Å². The van der Waals surface area contributed by atoms with Gasteiger partial charge < -0.3 is 14.3 Å². The molecule has 0 saturated heterocycles. The van der Waals surface area contributed by atoms with Crippen molar-refractivity contribution in [2.75, 3.05) is 5.75 Å². The first-order chi connectivity index (χ1) is 10.6. The second kappa shape index (κ2) is 6.22. The summed E-state index contributed by atoms with van der Waals surface area (Å²) >= 11 is 1.21. The minimum Gasteiger partial charge on any atom is -0.461 e. The zero-order valence-electron chi connectivity index (χ0n) is 11.9. The Kier molecular flexibility index (Phi) is 4.14. The molecule has 1 aliphatic rings. The van der Waals surface area contributed by atoms with E-state index in [0.29, 0.717) is 16.7 Å². The molecule has 0 bridgehead atoms. The highest BCUT2D eigenvalue weighted by Crippen LogP contribution is 2.22. The highest BCUT2D eigenvalue weighted by molar-refractivity contribution is 7.99. The van der Waals surface area contributed by atoms with Crippen molar-refractivity contribution in [2.45, 2.75) is 24.0 Å². The van der Waals surface area contributed by atoms with Crippen LogP contribution in [-0.4, -0.2) is 38.5 Å². The van der Waals surface area contributed by atoms with Crippen molar-refractivity contribution in [1.29, 1.82) is 0 Å². The summed E-state index contributed by atoms with van der Waals surface area (Å²) in [5, 5.41) is 13.6. The van der Waals surface area contributed by atoms with E-state index in [1.54, 1.807) is 30.0 Å². The minimum atomic E-state index is -0.442. The van der Waals surface area contributed by atoms with E-state index in [4.69, 9.17) is 4.42 Å². The lowest BCUT2D eigenvalue weighted by Crippen LogP contribution is -2.41. The largest absolute Gasteiger partial charge is 0.461 e. The second-order valence-corrected chi connectivity index (χ2v) is 5.87. The maximum Gasteiger partial charge on any atom is 0.321 e. The number of furan rings is 1. The van der Waals surface area contributed by atoms with Crippen molar-refractivity contribution >= 4 is 23.7 Å². The van der Waals surface area contributed by atoms with Crippen molar-refractivity contribution in [3.8, 4) is 11.6 Å². The van der Waals surface area contributed by atoms with E-state index in [-0.39, 0.29) is 17.7 Å². The van der Waals surface area contributed by atoms with E-state index in [1.807, 2.05) is 0 Å². The Morgan fingerprint density at radius 2 is 2.27 bits per heavy atom. The van der Waals surface area contributed by atoms with E-state index < -0.39 is 6.03 Å². The molecule has 0 aliphatic heterocycles. The summed E-state index contributed by atoms with van der Waals surface area (Å²) in [7, 11) is 1.79. The summed E-state index contributed by atoms with van der Waals surface area (Å²) in [6, 6.07) is 3.33. The van der Waals surface area contributed by atoms with E-state index in [1.165, 1.54) is 11.8 Å². The summed E-state index contributed by atoms with van der Waals surface area (Å²) in [5.41, 5.74) is 0. The van der Waals surface area contributed by atoms with Gasteiger partial charge in [0.2, 0.25) is 5.91 Å². The van der Waals surface area contributed by atoms with Crippen molar-refractivity contribution in [3.63, 3.8) is 0 Å². The van der Waals surface area contributed by atoms with Crippen molar-refractivity contribution in [2.24, 2.45) is 7.05 Å². The topological polar surface area (TPSA) is 102 Å². The van der Waals surface area contributed by atoms with Crippen LogP contribution in [0.25, 0.3) is 11.6 Å². The number of carbonyl (C=O) groups excluding carboxylic acids is 2. The van der Waals surface area contributed by atoms with Crippen molar-refractivity contribution in [1.82, 2.24) is 25.4 Å². The van der Waals surface area contributed by atoms with E-state index >= 15 is 0 Å². The highest BCUT2D eigenvalue weighted by Gasteiger charge is 2.24. The average molecular weight is 321 g/mol. The molecule has 0 radical (unpaired) electrons. The molecule has 0 aromatic carbocycles. The Morgan fingerprint density at radius 1 is 1.45 bits per heavy atom. The summed E-state index contributed by atoms with van der Waals surface area (Å²) in [6.07, 6.45) is 3.51. The van der Waals surface area contributed by atoms with Gasteiger partial charge in [-0.15, -0.1) is 10.2 Å². The van der Waals surface area contributed by atoms with Crippen LogP contribution in [0, 0.1) is 0 Å². The first kappa shape index (κ1) is 14.6. The quantitative estimate of drug-likeness (QED) is 0.801. The molecule has 3 rings (SSSR count). The van der Waals surface area contributed by atoms with Crippen LogP contribution in [0.15, 0.2) is 28.0 Å². The lowest BCUT2D eigenvalue weighted by atomic mass is 10.4. The number of rotatable bonds is 5. The fraction of sp³-hybridized carbons (Fsp3) is 0.385. The molecule has 2 aromatic heterocycles. The molecular formula is C13H15N5O3S. The van der Waals surface area contributed by atoms with Crippen molar-refractivity contribution in [3.05, 3.63) is 18.4 Å². The molecule has 0 unspecified atom stereocenters. The van der Waals surface area contributed by atoms with Crippen LogP contribution in [0.3, 0.4) is 0 Å². The van der Waals surface area contributed by atoms with Gasteiger partial charge in [0.25, 0.3) is 0 Å². The zero-order chi connectivity index (χ0) is 15.5. The second-order valence-electron chi connectivity index (χ2n) is 4.93. The maximum atomic E-state index is 11.7. The standard InChI is InChI=1S/C13H15N5O3S/c1-18-11(9-3-2-6-21-9)16-17-13(18)22-7-10(19)15-12(20)14-8-4-5-8/h2-3,6,8H,4-5,7H2,1H3,(H2,14,15,19,20). The molecule has 0 atom stereocenters. The fourth-order valence-corrected chi connectivity index (χ4v) is 2.51. The summed E-state index contributed by atoms with van der Waals surface area (Å²) in [4.78, 5) is 23.2. The summed E-state index contributed by atoms with van der Waals surface area (Å²) < 4.78 is 7.01. The number of imide groups is 1. The Hall–Kier alpha value is -2.29. The van der Waals surface area contributed by atoms with Gasteiger partial charge in [0, 0.05) is 13.1 Å². The molecule has 0 spiro atoms. The zero-order valence-corrected chi connectivity index (χ0v) is 12.7. The number of hydrogen-bond acceptors (Lipinski definition) is 6. The average Bonchev–Trinajstić information content (AvgIpc) is 2.99. The van der Waals surface area contributed by atoms with Crippen LogP contribution in [0.5, 0.6) is 0 Å². The monoisotopic (exact) mass is 321 g/mol. The third-order valence-electron chi connectivity index (χ3n) is 3.07.